The molecule has 0 aromatic carbocycles. The van der Waals surface area contributed by atoms with Gasteiger partial charge in [-0.15, -0.1) is 0 Å². The largest absolute Gasteiger partial charge is 0.423 e. The summed E-state index contributed by atoms with van der Waals surface area (Å²) >= 11 is 0. The first-order valence-corrected chi connectivity index (χ1v) is 8.46. The van der Waals surface area contributed by atoms with Gasteiger partial charge < -0.3 is 14.6 Å². The van der Waals surface area contributed by atoms with E-state index in [1.54, 1.807) is 0 Å². The fourth-order valence-corrected chi connectivity index (χ4v) is 2.73. The number of nitrogens with zero attached hydrogens (tertiary/aromatic N) is 4. The van der Waals surface area contributed by atoms with Crippen molar-refractivity contribution in [1.29, 1.82) is 5.26 Å². The minimum Gasteiger partial charge on any atom is -0.423 e. The van der Waals surface area contributed by atoms with Crippen molar-refractivity contribution < 1.29 is 4.42 Å². The van der Waals surface area contributed by atoms with E-state index in [2.05, 4.69) is 40.0 Å². The average molecular weight is 319 g/mol. The normalized spacial score (nSPS) is 18.6. The molecule has 128 valence electrons. The first-order chi connectivity index (χ1) is 10.8. The molecule has 1 aromatic rings. The van der Waals surface area contributed by atoms with E-state index in [0.717, 1.165) is 39.3 Å². The first-order valence-electron chi connectivity index (χ1n) is 8.46. The van der Waals surface area contributed by atoms with Crippen molar-refractivity contribution in [2.75, 3.05) is 44.6 Å². The predicted octanol–water partition coefficient (Wildman–Crippen LogP) is 2.28. The molecule has 6 nitrogen and oxygen atoms in total. The quantitative estimate of drug-likeness (QED) is 0.898. The van der Waals surface area contributed by atoms with Gasteiger partial charge >= 0.3 is 0 Å². The van der Waals surface area contributed by atoms with Crippen LogP contribution in [0.3, 0.4) is 0 Å². The molecule has 1 aromatic heterocycles. The van der Waals surface area contributed by atoms with Crippen LogP contribution >= 0.6 is 0 Å². The molecular formula is C17H29N5O. The topological polar surface area (TPSA) is 68.3 Å². The highest BCUT2D eigenvalue weighted by atomic mass is 16.4. The molecule has 1 atom stereocenters. The Hall–Kier alpha value is -1.58. The monoisotopic (exact) mass is 319 g/mol. The zero-order chi connectivity index (χ0) is 17.0. The van der Waals surface area contributed by atoms with Crippen LogP contribution in [0.15, 0.2) is 4.42 Å². The Morgan fingerprint density at radius 3 is 2.48 bits per heavy atom. The predicted molar refractivity (Wildman–Crippen MR) is 91.6 cm³/mol. The van der Waals surface area contributed by atoms with Gasteiger partial charge in [-0.3, -0.25) is 4.90 Å². The molecule has 1 aliphatic rings. The maximum absolute atomic E-state index is 9.24. The van der Waals surface area contributed by atoms with Crippen LogP contribution in [-0.2, 0) is 5.41 Å². The highest BCUT2D eigenvalue weighted by Crippen LogP contribution is 2.26. The number of likely N-dealkylation sites (N-methyl/N-ethyl adjacent to an activating group) is 1. The lowest BCUT2D eigenvalue weighted by atomic mass is 9.97. The van der Waals surface area contributed by atoms with Crippen LogP contribution in [0.25, 0.3) is 0 Å². The molecule has 1 aliphatic heterocycles. The maximum Gasteiger partial charge on any atom is 0.232 e. The van der Waals surface area contributed by atoms with Crippen molar-refractivity contribution in [2.45, 2.75) is 46.1 Å². The highest BCUT2D eigenvalue weighted by Gasteiger charge is 2.25. The maximum atomic E-state index is 9.24. The summed E-state index contributed by atoms with van der Waals surface area (Å²) < 4.78 is 5.77. The van der Waals surface area contributed by atoms with E-state index in [0.29, 0.717) is 23.5 Å². The molecule has 2 rings (SSSR count). The lowest BCUT2D eigenvalue weighted by molar-refractivity contribution is 0.110. The molecule has 0 radical (unpaired) electrons. The Bertz CT molecular complexity index is 546. The SMILES string of the molecule is CCN1CCN(C(C)CNc2oc(C(C)(C)C)nc2C#N)CC1. The van der Waals surface area contributed by atoms with Gasteiger partial charge in [-0.25, -0.2) is 0 Å². The summed E-state index contributed by atoms with van der Waals surface area (Å²) in [5.74, 6) is 1.09. The standard InChI is InChI=1S/C17H29N5O/c1-6-21-7-9-22(10-8-21)13(2)12-19-15-14(11-18)20-16(23-15)17(3,4)5/h13,19H,6-10,12H2,1-5H3. The minimum atomic E-state index is -0.201. The molecule has 0 bridgehead atoms. The number of piperazine rings is 1. The van der Waals surface area contributed by atoms with E-state index in [-0.39, 0.29) is 5.41 Å². The number of hydrogen-bond acceptors (Lipinski definition) is 6. The molecule has 0 amide bonds. The van der Waals surface area contributed by atoms with Crippen molar-refractivity contribution in [1.82, 2.24) is 14.8 Å². The summed E-state index contributed by atoms with van der Waals surface area (Å²) in [6, 6.07) is 2.51. The molecular weight excluding hydrogens is 290 g/mol. The van der Waals surface area contributed by atoms with Crippen LogP contribution in [-0.4, -0.2) is 60.1 Å². The third-order valence-corrected chi connectivity index (χ3v) is 4.41. The smallest absolute Gasteiger partial charge is 0.232 e. The first kappa shape index (κ1) is 17.8. The van der Waals surface area contributed by atoms with Crippen LogP contribution in [0.2, 0.25) is 0 Å². The average Bonchev–Trinajstić information content (AvgIpc) is 2.96. The molecule has 0 saturated carbocycles. The number of nitriles is 1. The lowest BCUT2D eigenvalue weighted by Gasteiger charge is -2.37. The molecule has 6 heteroatoms. The molecule has 1 saturated heterocycles. The summed E-state index contributed by atoms with van der Waals surface area (Å²) in [4.78, 5) is 9.25. The van der Waals surface area contributed by atoms with E-state index in [9.17, 15) is 5.26 Å². The van der Waals surface area contributed by atoms with Crippen molar-refractivity contribution in [2.24, 2.45) is 0 Å². The highest BCUT2D eigenvalue weighted by molar-refractivity contribution is 5.45. The summed E-state index contributed by atoms with van der Waals surface area (Å²) in [7, 11) is 0. The zero-order valence-electron chi connectivity index (χ0n) is 15.0. The Balaban J connectivity index is 1.93. The Morgan fingerprint density at radius 1 is 1.30 bits per heavy atom. The lowest BCUT2D eigenvalue weighted by Crippen LogP contribution is -2.51. The number of hydrogen-bond donors (Lipinski definition) is 1. The molecule has 0 spiro atoms. The summed E-state index contributed by atoms with van der Waals surface area (Å²) in [5, 5.41) is 12.5. The van der Waals surface area contributed by atoms with Crippen molar-refractivity contribution in [3.05, 3.63) is 11.6 Å². The third-order valence-electron chi connectivity index (χ3n) is 4.41. The number of nitrogens with one attached hydrogen (secondary N) is 1. The minimum absolute atomic E-state index is 0.201. The number of aromatic nitrogens is 1. The molecule has 1 unspecified atom stereocenters. The van der Waals surface area contributed by atoms with E-state index in [4.69, 9.17) is 4.42 Å². The van der Waals surface area contributed by atoms with Gasteiger partial charge in [0.15, 0.2) is 0 Å². The van der Waals surface area contributed by atoms with Gasteiger partial charge in [0.2, 0.25) is 17.5 Å². The molecule has 1 N–H and O–H groups in total. The zero-order valence-corrected chi connectivity index (χ0v) is 15.0. The van der Waals surface area contributed by atoms with E-state index >= 15 is 0 Å². The van der Waals surface area contributed by atoms with Crippen molar-refractivity contribution >= 4 is 5.88 Å². The fraction of sp³-hybridized carbons (Fsp3) is 0.765. The Kier molecular flexibility index (Phi) is 5.66. The number of rotatable bonds is 5. The van der Waals surface area contributed by atoms with Crippen molar-refractivity contribution in [3.63, 3.8) is 0 Å². The number of anilines is 1. The Morgan fingerprint density at radius 2 is 1.96 bits per heavy atom. The van der Waals surface area contributed by atoms with Crippen LogP contribution in [0, 0.1) is 11.3 Å². The van der Waals surface area contributed by atoms with Gasteiger partial charge in [0, 0.05) is 44.2 Å². The molecule has 2 heterocycles. The van der Waals surface area contributed by atoms with Gasteiger partial charge in [-0.2, -0.15) is 10.2 Å². The van der Waals surface area contributed by atoms with E-state index < -0.39 is 0 Å². The van der Waals surface area contributed by atoms with Crippen LogP contribution in [0.5, 0.6) is 0 Å². The number of oxazole rings is 1. The summed E-state index contributed by atoms with van der Waals surface area (Å²) in [6.07, 6.45) is 0. The summed E-state index contributed by atoms with van der Waals surface area (Å²) in [6.45, 7) is 16.8. The molecule has 23 heavy (non-hydrogen) atoms. The van der Waals surface area contributed by atoms with Crippen molar-refractivity contribution in [3.8, 4) is 6.07 Å². The van der Waals surface area contributed by atoms with Crippen LogP contribution in [0.4, 0.5) is 5.88 Å². The molecule has 0 aliphatic carbocycles. The second-order valence-corrected chi connectivity index (χ2v) is 7.26. The second kappa shape index (κ2) is 7.33. The molecule has 1 fully saturated rings. The van der Waals surface area contributed by atoms with Crippen LogP contribution in [0.1, 0.15) is 46.2 Å². The van der Waals surface area contributed by atoms with Gasteiger partial charge in [0.1, 0.15) is 6.07 Å². The van der Waals surface area contributed by atoms with Gasteiger partial charge in [0.05, 0.1) is 0 Å². The Labute approximate surface area is 139 Å². The van der Waals surface area contributed by atoms with Gasteiger partial charge in [-0.05, 0) is 13.5 Å². The van der Waals surface area contributed by atoms with E-state index in [1.165, 1.54) is 0 Å². The van der Waals surface area contributed by atoms with Crippen LogP contribution < -0.4 is 5.32 Å². The second-order valence-electron chi connectivity index (χ2n) is 7.26. The fourth-order valence-electron chi connectivity index (χ4n) is 2.73. The van der Waals surface area contributed by atoms with Gasteiger partial charge in [0.25, 0.3) is 0 Å². The van der Waals surface area contributed by atoms with Gasteiger partial charge in [-0.1, -0.05) is 27.7 Å². The van der Waals surface area contributed by atoms with E-state index in [1.807, 2.05) is 20.8 Å². The summed E-state index contributed by atoms with van der Waals surface area (Å²) in [5.41, 5.74) is 0.145. The third kappa shape index (κ3) is 4.46.